The first-order chi connectivity index (χ1) is 14.1. The minimum Gasteiger partial charge on any atom is -0.368 e. The predicted molar refractivity (Wildman–Crippen MR) is 106 cm³/mol. The molecule has 1 amide bonds. The zero-order valence-corrected chi connectivity index (χ0v) is 15.6. The molecule has 3 aromatic rings. The standard InChI is InChI=1S/C21H19F2N5O/c22-16-5-7-17(8-6-16)27-9-11-28(12-10-27)20(29)15-13-24-21(25-14-15)26-19-4-2-1-3-18(19)23/h1-8,13-14H,9-12H2,(H,24,25,26). The van der Waals surface area contributed by atoms with Gasteiger partial charge in [-0.2, -0.15) is 0 Å². The first kappa shape index (κ1) is 18.8. The topological polar surface area (TPSA) is 61.4 Å². The summed E-state index contributed by atoms with van der Waals surface area (Å²) >= 11 is 0. The van der Waals surface area contributed by atoms with Crippen LogP contribution in [0, 0.1) is 11.6 Å². The summed E-state index contributed by atoms with van der Waals surface area (Å²) in [5.41, 5.74) is 1.58. The van der Waals surface area contributed by atoms with E-state index in [1.807, 2.05) is 0 Å². The fraction of sp³-hybridized carbons (Fsp3) is 0.190. The Balaban J connectivity index is 1.36. The highest BCUT2D eigenvalue weighted by Gasteiger charge is 2.23. The van der Waals surface area contributed by atoms with Crippen molar-refractivity contribution in [3.05, 3.63) is 78.1 Å². The van der Waals surface area contributed by atoms with E-state index in [9.17, 15) is 13.6 Å². The van der Waals surface area contributed by atoms with Crippen molar-refractivity contribution in [1.82, 2.24) is 14.9 Å². The van der Waals surface area contributed by atoms with Crippen LogP contribution in [-0.2, 0) is 0 Å². The lowest BCUT2D eigenvalue weighted by Gasteiger charge is -2.36. The predicted octanol–water partition coefficient (Wildman–Crippen LogP) is 3.46. The summed E-state index contributed by atoms with van der Waals surface area (Å²) in [5.74, 6) is -0.611. The Morgan fingerprint density at radius 1 is 0.897 bits per heavy atom. The summed E-state index contributed by atoms with van der Waals surface area (Å²) in [6, 6.07) is 12.6. The average Bonchev–Trinajstić information content (AvgIpc) is 2.76. The average molecular weight is 395 g/mol. The Kier molecular flexibility index (Phi) is 5.33. The maximum absolute atomic E-state index is 13.7. The van der Waals surface area contributed by atoms with Gasteiger partial charge in [0.05, 0.1) is 11.3 Å². The number of piperazine rings is 1. The summed E-state index contributed by atoms with van der Waals surface area (Å²) in [4.78, 5) is 24.8. The lowest BCUT2D eigenvalue weighted by Crippen LogP contribution is -2.48. The molecule has 1 fully saturated rings. The van der Waals surface area contributed by atoms with Crippen LogP contribution in [0.25, 0.3) is 0 Å². The summed E-state index contributed by atoms with van der Waals surface area (Å²) in [6.07, 6.45) is 2.87. The SMILES string of the molecule is O=C(c1cnc(Nc2ccccc2F)nc1)N1CCN(c2ccc(F)cc2)CC1. The van der Waals surface area contributed by atoms with Crippen LogP contribution in [0.5, 0.6) is 0 Å². The summed E-state index contributed by atoms with van der Waals surface area (Å²) in [6.45, 7) is 2.41. The molecular formula is C21H19F2N5O. The third kappa shape index (κ3) is 4.31. The van der Waals surface area contributed by atoms with Gasteiger partial charge in [0.1, 0.15) is 11.6 Å². The fourth-order valence-corrected chi connectivity index (χ4v) is 3.19. The molecule has 2 heterocycles. The molecule has 0 unspecified atom stereocenters. The van der Waals surface area contributed by atoms with Crippen LogP contribution in [0.3, 0.4) is 0 Å². The van der Waals surface area contributed by atoms with Crippen molar-refractivity contribution in [1.29, 1.82) is 0 Å². The number of hydrogen-bond acceptors (Lipinski definition) is 5. The van der Waals surface area contributed by atoms with E-state index in [4.69, 9.17) is 0 Å². The molecule has 1 aliphatic rings. The third-order valence-electron chi connectivity index (χ3n) is 4.78. The Morgan fingerprint density at radius 3 is 2.21 bits per heavy atom. The maximum atomic E-state index is 13.7. The molecule has 0 radical (unpaired) electrons. The second-order valence-corrected chi connectivity index (χ2v) is 6.66. The van der Waals surface area contributed by atoms with Crippen LogP contribution in [0.15, 0.2) is 60.9 Å². The zero-order chi connectivity index (χ0) is 20.2. The van der Waals surface area contributed by atoms with Crippen molar-refractivity contribution in [3.8, 4) is 0 Å². The molecular weight excluding hydrogens is 376 g/mol. The Morgan fingerprint density at radius 2 is 1.55 bits per heavy atom. The van der Waals surface area contributed by atoms with Gasteiger partial charge in [0, 0.05) is 44.3 Å². The van der Waals surface area contributed by atoms with Crippen LogP contribution in [0.1, 0.15) is 10.4 Å². The Labute approximate surface area is 166 Å². The zero-order valence-electron chi connectivity index (χ0n) is 15.6. The van der Waals surface area contributed by atoms with Gasteiger partial charge in [-0.3, -0.25) is 4.79 Å². The normalized spacial score (nSPS) is 14.0. The Hall–Kier alpha value is -3.55. The molecule has 6 nitrogen and oxygen atoms in total. The smallest absolute Gasteiger partial charge is 0.257 e. The molecule has 0 atom stereocenters. The van der Waals surface area contributed by atoms with Gasteiger partial charge in [0.2, 0.25) is 5.95 Å². The van der Waals surface area contributed by atoms with Crippen molar-refractivity contribution >= 4 is 23.2 Å². The summed E-state index contributed by atoms with van der Waals surface area (Å²) in [7, 11) is 0. The van der Waals surface area contributed by atoms with Crippen LogP contribution in [0.4, 0.5) is 26.1 Å². The minimum absolute atomic E-state index is 0.152. The highest BCUT2D eigenvalue weighted by molar-refractivity contribution is 5.94. The van der Waals surface area contributed by atoms with Crippen molar-refractivity contribution in [2.45, 2.75) is 0 Å². The molecule has 148 valence electrons. The largest absolute Gasteiger partial charge is 0.368 e. The van der Waals surface area contributed by atoms with E-state index in [1.54, 1.807) is 35.2 Å². The number of rotatable bonds is 4. The maximum Gasteiger partial charge on any atom is 0.257 e. The number of hydrogen-bond donors (Lipinski definition) is 1. The number of aromatic nitrogens is 2. The minimum atomic E-state index is -0.407. The number of nitrogens with one attached hydrogen (secondary N) is 1. The van der Waals surface area contributed by atoms with Gasteiger partial charge in [0.15, 0.2) is 0 Å². The van der Waals surface area contributed by atoms with Crippen LogP contribution >= 0.6 is 0 Å². The van der Waals surface area contributed by atoms with E-state index in [2.05, 4.69) is 20.2 Å². The molecule has 0 aliphatic carbocycles. The number of para-hydroxylation sites is 1. The first-order valence-electron chi connectivity index (χ1n) is 9.23. The lowest BCUT2D eigenvalue weighted by molar-refractivity contribution is 0.0746. The molecule has 0 bridgehead atoms. The highest BCUT2D eigenvalue weighted by Crippen LogP contribution is 2.19. The van der Waals surface area contributed by atoms with E-state index in [0.29, 0.717) is 31.7 Å². The quantitative estimate of drug-likeness (QED) is 0.733. The van der Waals surface area contributed by atoms with Crippen LogP contribution in [-0.4, -0.2) is 47.0 Å². The van der Waals surface area contributed by atoms with Crippen molar-refractivity contribution in [2.24, 2.45) is 0 Å². The van der Waals surface area contributed by atoms with E-state index >= 15 is 0 Å². The number of carbonyl (C=O) groups is 1. The Bertz CT molecular complexity index is 987. The first-order valence-corrected chi connectivity index (χ1v) is 9.23. The van der Waals surface area contributed by atoms with E-state index in [0.717, 1.165) is 5.69 Å². The molecule has 1 saturated heterocycles. The van der Waals surface area contributed by atoms with E-state index in [-0.39, 0.29) is 23.4 Å². The van der Waals surface area contributed by atoms with Crippen molar-refractivity contribution in [3.63, 3.8) is 0 Å². The molecule has 4 rings (SSSR count). The second kappa shape index (κ2) is 8.22. The third-order valence-corrected chi connectivity index (χ3v) is 4.78. The van der Waals surface area contributed by atoms with Gasteiger partial charge in [-0.1, -0.05) is 12.1 Å². The molecule has 0 spiro atoms. The number of amides is 1. The molecule has 2 aromatic carbocycles. The molecule has 29 heavy (non-hydrogen) atoms. The van der Waals surface area contributed by atoms with Gasteiger partial charge in [-0.05, 0) is 36.4 Å². The van der Waals surface area contributed by atoms with Gasteiger partial charge < -0.3 is 15.1 Å². The number of anilines is 3. The van der Waals surface area contributed by atoms with E-state index < -0.39 is 5.82 Å². The summed E-state index contributed by atoms with van der Waals surface area (Å²) in [5, 5.41) is 2.79. The van der Waals surface area contributed by atoms with Gasteiger partial charge in [0.25, 0.3) is 5.91 Å². The van der Waals surface area contributed by atoms with E-state index in [1.165, 1.54) is 30.6 Å². The van der Waals surface area contributed by atoms with Gasteiger partial charge >= 0.3 is 0 Å². The number of halogens is 2. The van der Waals surface area contributed by atoms with Gasteiger partial charge in [-0.25, -0.2) is 18.7 Å². The van der Waals surface area contributed by atoms with Crippen LogP contribution in [0.2, 0.25) is 0 Å². The number of carbonyl (C=O) groups excluding carboxylic acids is 1. The molecule has 1 aliphatic heterocycles. The lowest BCUT2D eigenvalue weighted by atomic mass is 10.2. The highest BCUT2D eigenvalue weighted by atomic mass is 19.1. The number of benzene rings is 2. The van der Waals surface area contributed by atoms with Crippen LogP contribution < -0.4 is 10.2 Å². The number of nitrogens with zero attached hydrogens (tertiary/aromatic N) is 4. The molecule has 8 heteroatoms. The van der Waals surface area contributed by atoms with Crippen molar-refractivity contribution < 1.29 is 13.6 Å². The monoisotopic (exact) mass is 395 g/mol. The summed E-state index contributed by atoms with van der Waals surface area (Å²) < 4.78 is 26.8. The van der Waals surface area contributed by atoms with Gasteiger partial charge in [-0.15, -0.1) is 0 Å². The van der Waals surface area contributed by atoms with Crippen molar-refractivity contribution in [2.75, 3.05) is 36.4 Å². The molecule has 1 aromatic heterocycles. The second-order valence-electron chi connectivity index (χ2n) is 6.66. The molecule has 0 saturated carbocycles. The molecule has 1 N–H and O–H groups in total. The fourth-order valence-electron chi connectivity index (χ4n) is 3.19.